The van der Waals surface area contributed by atoms with E-state index in [0.29, 0.717) is 18.4 Å². The highest BCUT2D eigenvalue weighted by Crippen LogP contribution is 2.22. The Morgan fingerprint density at radius 2 is 1.70 bits per heavy atom. The molecule has 0 unspecified atom stereocenters. The van der Waals surface area contributed by atoms with Crippen LogP contribution in [0.1, 0.15) is 61.4 Å². The Hall–Kier alpha value is -1.84. The van der Waals surface area contributed by atoms with Gasteiger partial charge in [-0.05, 0) is 37.8 Å². The van der Waals surface area contributed by atoms with E-state index >= 15 is 0 Å². The Morgan fingerprint density at radius 1 is 1.05 bits per heavy atom. The summed E-state index contributed by atoms with van der Waals surface area (Å²) in [6, 6.07) is 4.82. The van der Waals surface area contributed by atoms with E-state index in [2.05, 4.69) is 0 Å². The van der Waals surface area contributed by atoms with Crippen LogP contribution in [0.2, 0.25) is 0 Å². The fraction of sp³-hybridized carbons (Fsp3) is 0.500. The Bertz CT molecular complexity index is 466. The molecule has 4 heteroatoms. The van der Waals surface area contributed by atoms with Gasteiger partial charge in [-0.2, -0.15) is 0 Å². The van der Waals surface area contributed by atoms with Crippen LogP contribution in [0.3, 0.4) is 0 Å². The van der Waals surface area contributed by atoms with Gasteiger partial charge in [-0.1, -0.05) is 31.4 Å². The molecule has 0 fully saturated rings. The predicted molar refractivity (Wildman–Crippen MR) is 77.2 cm³/mol. The molecule has 2 N–H and O–H groups in total. The van der Waals surface area contributed by atoms with Crippen LogP contribution < -0.4 is 0 Å². The summed E-state index contributed by atoms with van der Waals surface area (Å²) in [4.78, 5) is 21.9. The Morgan fingerprint density at radius 3 is 2.35 bits per heavy atom. The lowest BCUT2D eigenvalue weighted by atomic mass is 9.99. The summed E-state index contributed by atoms with van der Waals surface area (Å²) in [7, 11) is 0. The molecule has 0 aromatic heterocycles. The molecule has 1 rings (SSSR count). The largest absolute Gasteiger partial charge is 0.507 e. The van der Waals surface area contributed by atoms with Crippen molar-refractivity contribution in [3.8, 4) is 5.75 Å². The maximum atomic E-state index is 11.1. The monoisotopic (exact) mass is 278 g/mol. The topological polar surface area (TPSA) is 74.6 Å². The van der Waals surface area contributed by atoms with Crippen LogP contribution in [0.4, 0.5) is 0 Å². The van der Waals surface area contributed by atoms with Crippen LogP contribution in [-0.4, -0.2) is 22.0 Å². The second-order valence-corrected chi connectivity index (χ2v) is 5.09. The highest BCUT2D eigenvalue weighted by Gasteiger charge is 2.14. The average molecular weight is 278 g/mol. The highest BCUT2D eigenvalue weighted by atomic mass is 16.4. The van der Waals surface area contributed by atoms with E-state index in [1.165, 1.54) is 6.07 Å². The van der Waals surface area contributed by atoms with E-state index in [4.69, 9.17) is 5.11 Å². The third-order valence-corrected chi connectivity index (χ3v) is 3.32. The highest BCUT2D eigenvalue weighted by molar-refractivity contribution is 5.92. The zero-order valence-corrected chi connectivity index (χ0v) is 11.9. The molecule has 20 heavy (non-hydrogen) atoms. The lowest BCUT2D eigenvalue weighted by Gasteiger charge is -2.07. The molecular formula is C16H22O4. The number of carboxylic acid groups (broad SMARTS) is 1. The Kier molecular flexibility index (Phi) is 6.77. The van der Waals surface area contributed by atoms with E-state index in [0.717, 1.165) is 32.1 Å². The first kappa shape index (κ1) is 16.2. The van der Waals surface area contributed by atoms with Crippen molar-refractivity contribution >= 4 is 11.8 Å². The van der Waals surface area contributed by atoms with Crippen LogP contribution >= 0.6 is 0 Å². The molecule has 1 aromatic rings. The number of benzene rings is 1. The molecule has 1 aromatic carbocycles. The maximum absolute atomic E-state index is 11.1. The number of unbranched alkanes of at least 4 members (excludes halogenated alkanes) is 4. The van der Waals surface area contributed by atoms with Gasteiger partial charge in [0, 0.05) is 6.42 Å². The fourth-order valence-electron chi connectivity index (χ4n) is 2.26. The average Bonchev–Trinajstić information content (AvgIpc) is 2.36. The van der Waals surface area contributed by atoms with E-state index in [1.54, 1.807) is 19.1 Å². The molecule has 0 spiro atoms. The number of hydrogen-bond donors (Lipinski definition) is 2. The van der Waals surface area contributed by atoms with Crippen LogP contribution in [0.15, 0.2) is 18.2 Å². The zero-order chi connectivity index (χ0) is 15.0. The number of carbonyl (C=O) groups is 2. The third kappa shape index (κ3) is 5.43. The van der Waals surface area contributed by atoms with Gasteiger partial charge in [-0.25, -0.2) is 4.79 Å². The lowest BCUT2D eigenvalue weighted by Crippen LogP contribution is -2.03. The summed E-state index contributed by atoms with van der Waals surface area (Å²) in [5.74, 6) is -1.02. The van der Waals surface area contributed by atoms with Gasteiger partial charge < -0.3 is 15.0 Å². The first-order chi connectivity index (χ1) is 9.52. The van der Waals surface area contributed by atoms with Crippen LogP contribution in [0.25, 0.3) is 0 Å². The number of carbonyl (C=O) groups excluding carboxylic acids is 1. The molecule has 0 aliphatic rings. The van der Waals surface area contributed by atoms with Crippen LogP contribution in [0.5, 0.6) is 5.75 Å². The second kappa shape index (κ2) is 8.35. The standard InChI is InChI=1S/C16H22O4/c1-12(17)8-5-3-2-4-6-9-13-10-7-11-14(18)15(13)16(19)20/h7,10-11,18H,2-6,8-9H2,1H3,(H,19,20). The quantitative estimate of drug-likeness (QED) is 0.677. The van der Waals surface area contributed by atoms with Gasteiger partial charge in [0.2, 0.25) is 0 Å². The van der Waals surface area contributed by atoms with Crippen molar-refractivity contribution in [3.05, 3.63) is 29.3 Å². The maximum Gasteiger partial charge on any atom is 0.339 e. The SMILES string of the molecule is CC(=O)CCCCCCCc1cccc(O)c1C(=O)O. The minimum Gasteiger partial charge on any atom is -0.507 e. The molecular weight excluding hydrogens is 256 g/mol. The number of hydrogen-bond acceptors (Lipinski definition) is 3. The zero-order valence-electron chi connectivity index (χ0n) is 11.9. The predicted octanol–water partition coefficient (Wildman–Crippen LogP) is 3.56. The number of carboxylic acids is 1. The molecule has 4 nitrogen and oxygen atoms in total. The fourth-order valence-corrected chi connectivity index (χ4v) is 2.26. The minimum atomic E-state index is -1.08. The molecule has 0 heterocycles. The molecule has 0 radical (unpaired) electrons. The normalized spacial score (nSPS) is 10.4. The van der Waals surface area contributed by atoms with Crippen molar-refractivity contribution in [1.29, 1.82) is 0 Å². The van der Waals surface area contributed by atoms with Gasteiger partial charge in [0.15, 0.2) is 0 Å². The van der Waals surface area contributed by atoms with Gasteiger partial charge in [-0.3, -0.25) is 0 Å². The van der Waals surface area contributed by atoms with Gasteiger partial charge in [-0.15, -0.1) is 0 Å². The summed E-state index contributed by atoms with van der Waals surface area (Å²) in [5.41, 5.74) is 0.699. The summed E-state index contributed by atoms with van der Waals surface area (Å²) in [5, 5.41) is 18.7. The summed E-state index contributed by atoms with van der Waals surface area (Å²) in [6.45, 7) is 1.61. The van der Waals surface area contributed by atoms with Crippen molar-refractivity contribution in [2.75, 3.05) is 0 Å². The number of aromatic carboxylic acids is 1. The van der Waals surface area contributed by atoms with Gasteiger partial charge in [0.05, 0.1) is 0 Å². The number of aryl methyl sites for hydroxylation is 1. The number of Topliss-reactive ketones (excluding diaryl/α,β-unsaturated/α-hetero) is 1. The molecule has 0 saturated heterocycles. The van der Waals surface area contributed by atoms with E-state index in [1.807, 2.05) is 0 Å². The Labute approximate surface area is 119 Å². The lowest BCUT2D eigenvalue weighted by molar-refractivity contribution is -0.117. The van der Waals surface area contributed by atoms with E-state index in [-0.39, 0.29) is 17.1 Å². The van der Waals surface area contributed by atoms with E-state index < -0.39 is 5.97 Å². The van der Waals surface area contributed by atoms with Gasteiger partial charge in [0.1, 0.15) is 17.1 Å². The number of phenols is 1. The molecule has 0 amide bonds. The molecule has 0 saturated carbocycles. The first-order valence-corrected chi connectivity index (χ1v) is 7.06. The Balaban J connectivity index is 2.34. The minimum absolute atomic E-state index is 0.0177. The summed E-state index contributed by atoms with van der Waals surface area (Å²) < 4.78 is 0. The van der Waals surface area contributed by atoms with Crippen molar-refractivity contribution in [1.82, 2.24) is 0 Å². The smallest absolute Gasteiger partial charge is 0.339 e. The van der Waals surface area contributed by atoms with Crippen molar-refractivity contribution in [2.45, 2.75) is 51.9 Å². The summed E-state index contributed by atoms with van der Waals surface area (Å²) in [6.07, 6.45) is 6.22. The second-order valence-electron chi connectivity index (χ2n) is 5.09. The molecule has 110 valence electrons. The van der Waals surface area contributed by atoms with Gasteiger partial charge in [0.25, 0.3) is 0 Å². The van der Waals surface area contributed by atoms with Crippen LogP contribution in [-0.2, 0) is 11.2 Å². The molecule has 0 atom stereocenters. The van der Waals surface area contributed by atoms with Crippen molar-refractivity contribution in [2.24, 2.45) is 0 Å². The van der Waals surface area contributed by atoms with E-state index in [9.17, 15) is 14.7 Å². The van der Waals surface area contributed by atoms with Crippen molar-refractivity contribution < 1.29 is 19.8 Å². The molecule has 0 aliphatic heterocycles. The number of ketones is 1. The number of aromatic hydroxyl groups is 1. The van der Waals surface area contributed by atoms with Crippen molar-refractivity contribution in [3.63, 3.8) is 0 Å². The molecule has 0 bridgehead atoms. The molecule has 0 aliphatic carbocycles. The number of rotatable bonds is 9. The van der Waals surface area contributed by atoms with Crippen LogP contribution in [0, 0.1) is 0 Å². The van der Waals surface area contributed by atoms with Gasteiger partial charge >= 0.3 is 5.97 Å². The third-order valence-electron chi connectivity index (χ3n) is 3.32. The first-order valence-electron chi connectivity index (χ1n) is 7.06. The summed E-state index contributed by atoms with van der Waals surface area (Å²) >= 11 is 0.